The molecule has 0 aliphatic rings. The molecule has 3 nitrogen and oxygen atoms in total. The summed E-state index contributed by atoms with van der Waals surface area (Å²) in [4.78, 5) is 8.75. The Morgan fingerprint density at radius 3 is 2.65 bits per heavy atom. The van der Waals surface area contributed by atoms with E-state index in [1.165, 1.54) is 6.07 Å². The van der Waals surface area contributed by atoms with Crippen molar-refractivity contribution >= 4 is 5.82 Å². The molecule has 1 N–H and O–H groups in total. The Labute approximate surface area is 119 Å². The lowest BCUT2D eigenvalue weighted by molar-refractivity contribution is 0.627. The fraction of sp³-hybridized carbons (Fsp3) is 0.375. The largest absolute Gasteiger partial charge is 0.370 e. The second-order valence-electron chi connectivity index (χ2n) is 4.79. The monoisotopic (exact) mass is 273 g/mol. The first-order valence-corrected chi connectivity index (χ1v) is 7.01. The molecule has 2 rings (SSSR count). The van der Waals surface area contributed by atoms with Crippen molar-refractivity contribution in [2.45, 2.75) is 33.6 Å². The molecule has 0 aliphatic heterocycles. The smallest absolute Gasteiger partial charge is 0.133 e. The maximum Gasteiger partial charge on any atom is 0.133 e. The van der Waals surface area contributed by atoms with E-state index < -0.39 is 0 Å². The summed E-state index contributed by atoms with van der Waals surface area (Å²) in [7, 11) is 0. The standard InChI is InChI=1S/C16H20FN3/c1-4-6-14-15(19-10-20-16(14)18-5-2)13-8-7-12(17)9-11(13)3/h7-10H,4-6H2,1-3H3,(H,18,19,20). The van der Waals surface area contributed by atoms with Crippen molar-refractivity contribution < 1.29 is 4.39 Å². The van der Waals surface area contributed by atoms with Crippen molar-refractivity contribution in [1.29, 1.82) is 0 Å². The maximum absolute atomic E-state index is 13.3. The van der Waals surface area contributed by atoms with Gasteiger partial charge in [-0.25, -0.2) is 14.4 Å². The van der Waals surface area contributed by atoms with Gasteiger partial charge in [0.2, 0.25) is 0 Å². The van der Waals surface area contributed by atoms with Crippen LogP contribution in [0.5, 0.6) is 0 Å². The number of nitrogens with zero attached hydrogens (tertiary/aromatic N) is 2. The summed E-state index contributed by atoms with van der Waals surface area (Å²) < 4.78 is 13.3. The summed E-state index contributed by atoms with van der Waals surface area (Å²) in [5.41, 5.74) is 3.86. The van der Waals surface area contributed by atoms with Crippen molar-refractivity contribution in [3.8, 4) is 11.3 Å². The molecular weight excluding hydrogens is 253 g/mol. The number of rotatable bonds is 5. The van der Waals surface area contributed by atoms with E-state index in [0.29, 0.717) is 0 Å². The van der Waals surface area contributed by atoms with Gasteiger partial charge in [0.05, 0.1) is 5.69 Å². The number of anilines is 1. The molecule has 0 saturated carbocycles. The van der Waals surface area contributed by atoms with Crippen LogP contribution in [0.25, 0.3) is 11.3 Å². The van der Waals surface area contributed by atoms with Gasteiger partial charge < -0.3 is 5.32 Å². The van der Waals surface area contributed by atoms with Crippen LogP contribution in [0.4, 0.5) is 10.2 Å². The van der Waals surface area contributed by atoms with Crippen LogP contribution in [0.2, 0.25) is 0 Å². The highest BCUT2D eigenvalue weighted by molar-refractivity contribution is 5.71. The highest BCUT2D eigenvalue weighted by Gasteiger charge is 2.14. The molecule has 0 bridgehead atoms. The van der Waals surface area contributed by atoms with E-state index in [0.717, 1.165) is 47.6 Å². The first-order chi connectivity index (χ1) is 9.67. The Hall–Kier alpha value is -1.97. The molecule has 0 spiro atoms. The van der Waals surface area contributed by atoms with E-state index in [1.54, 1.807) is 18.5 Å². The van der Waals surface area contributed by atoms with Crippen molar-refractivity contribution in [2.24, 2.45) is 0 Å². The zero-order valence-corrected chi connectivity index (χ0v) is 12.2. The van der Waals surface area contributed by atoms with Crippen LogP contribution in [0.1, 0.15) is 31.4 Å². The van der Waals surface area contributed by atoms with Gasteiger partial charge in [0.15, 0.2) is 0 Å². The Morgan fingerprint density at radius 2 is 2.00 bits per heavy atom. The lowest BCUT2D eigenvalue weighted by atomic mass is 9.99. The van der Waals surface area contributed by atoms with Gasteiger partial charge in [0, 0.05) is 17.7 Å². The molecule has 1 aromatic carbocycles. The third-order valence-corrected chi connectivity index (χ3v) is 3.23. The average Bonchev–Trinajstić information content (AvgIpc) is 2.42. The van der Waals surface area contributed by atoms with Gasteiger partial charge in [-0.05, 0) is 44.0 Å². The van der Waals surface area contributed by atoms with Crippen LogP contribution in [0, 0.1) is 12.7 Å². The minimum atomic E-state index is -0.218. The van der Waals surface area contributed by atoms with E-state index in [9.17, 15) is 4.39 Å². The number of hydrogen-bond acceptors (Lipinski definition) is 3. The molecule has 1 aromatic heterocycles. The second kappa shape index (κ2) is 6.46. The number of aryl methyl sites for hydroxylation is 1. The normalized spacial score (nSPS) is 10.6. The van der Waals surface area contributed by atoms with Crippen LogP contribution in [0.15, 0.2) is 24.5 Å². The molecule has 106 valence electrons. The van der Waals surface area contributed by atoms with Gasteiger partial charge in [0.1, 0.15) is 18.0 Å². The highest BCUT2D eigenvalue weighted by Crippen LogP contribution is 2.29. The number of halogens is 1. The summed E-state index contributed by atoms with van der Waals surface area (Å²) in [5, 5.41) is 3.28. The van der Waals surface area contributed by atoms with Gasteiger partial charge in [-0.15, -0.1) is 0 Å². The average molecular weight is 273 g/mol. The zero-order chi connectivity index (χ0) is 14.5. The molecule has 0 unspecified atom stereocenters. The zero-order valence-electron chi connectivity index (χ0n) is 12.2. The summed E-state index contributed by atoms with van der Waals surface area (Å²) in [6.45, 7) is 6.89. The second-order valence-corrected chi connectivity index (χ2v) is 4.79. The molecule has 4 heteroatoms. The van der Waals surface area contributed by atoms with Crippen molar-refractivity contribution in [1.82, 2.24) is 9.97 Å². The lowest BCUT2D eigenvalue weighted by Crippen LogP contribution is -2.06. The number of benzene rings is 1. The van der Waals surface area contributed by atoms with Crippen molar-refractivity contribution in [2.75, 3.05) is 11.9 Å². The Morgan fingerprint density at radius 1 is 1.20 bits per heavy atom. The van der Waals surface area contributed by atoms with Gasteiger partial charge in [-0.1, -0.05) is 13.3 Å². The lowest BCUT2D eigenvalue weighted by Gasteiger charge is -2.14. The molecule has 0 radical (unpaired) electrons. The Bertz CT molecular complexity index is 596. The van der Waals surface area contributed by atoms with Crippen LogP contribution in [0.3, 0.4) is 0 Å². The summed E-state index contributed by atoms with van der Waals surface area (Å²) in [6.07, 6.45) is 3.48. The third kappa shape index (κ3) is 2.95. The van der Waals surface area contributed by atoms with E-state index in [2.05, 4.69) is 22.2 Å². The van der Waals surface area contributed by atoms with Gasteiger partial charge >= 0.3 is 0 Å². The molecule has 2 aromatic rings. The number of hydrogen-bond donors (Lipinski definition) is 1. The van der Waals surface area contributed by atoms with Crippen LogP contribution in [-0.2, 0) is 6.42 Å². The minimum absolute atomic E-state index is 0.218. The molecule has 0 aliphatic carbocycles. The summed E-state index contributed by atoms with van der Waals surface area (Å²) >= 11 is 0. The van der Waals surface area contributed by atoms with Crippen LogP contribution in [-0.4, -0.2) is 16.5 Å². The summed E-state index contributed by atoms with van der Waals surface area (Å²) in [5.74, 6) is 0.660. The Kier molecular flexibility index (Phi) is 4.66. The van der Waals surface area contributed by atoms with Crippen molar-refractivity contribution in [3.63, 3.8) is 0 Å². The number of aromatic nitrogens is 2. The summed E-state index contributed by atoms with van der Waals surface area (Å²) in [6, 6.07) is 4.81. The van der Waals surface area contributed by atoms with E-state index in [-0.39, 0.29) is 5.82 Å². The predicted molar refractivity (Wildman–Crippen MR) is 80.3 cm³/mol. The first kappa shape index (κ1) is 14.4. The van der Waals surface area contributed by atoms with Crippen molar-refractivity contribution in [3.05, 3.63) is 41.5 Å². The highest BCUT2D eigenvalue weighted by atomic mass is 19.1. The fourth-order valence-electron chi connectivity index (χ4n) is 2.34. The molecule has 0 fully saturated rings. The molecule has 0 atom stereocenters. The SMILES string of the molecule is CCCc1c(NCC)ncnc1-c1ccc(F)cc1C. The van der Waals surface area contributed by atoms with Crippen LogP contribution >= 0.6 is 0 Å². The third-order valence-electron chi connectivity index (χ3n) is 3.23. The fourth-order valence-corrected chi connectivity index (χ4v) is 2.34. The van der Waals surface area contributed by atoms with E-state index in [1.807, 2.05) is 13.8 Å². The van der Waals surface area contributed by atoms with E-state index >= 15 is 0 Å². The molecular formula is C16H20FN3. The van der Waals surface area contributed by atoms with Gasteiger partial charge in [-0.2, -0.15) is 0 Å². The van der Waals surface area contributed by atoms with Gasteiger partial charge in [0.25, 0.3) is 0 Å². The molecule has 1 heterocycles. The molecule has 0 amide bonds. The van der Waals surface area contributed by atoms with E-state index in [4.69, 9.17) is 0 Å². The topological polar surface area (TPSA) is 37.8 Å². The van der Waals surface area contributed by atoms with Gasteiger partial charge in [-0.3, -0.25) is 0 Å². The minimum Gasteiger partial charge on any atom is -0.370 e. The Balaban J connectivity index is 2.57. The quantitative estimate of drug-likeness (QED) is 0.895. The maximum atomic E-state index is 13.3. The molecule has 0 saturated heterocycles. The predicted octanol–water partition coefficient (Wildman–Crippen LogP) is 3.98. The first-order valence-electron chi connectivity index (χ1n) is 7.01. The number of nitrogens with one attached hydrogen (secondary N) is 1. The van der Waals surface area contributed by atoms with Crippen LogP contribution < -0.4 is 5.32 Å². The molecule has 20 heavy (non-hydrogen) atoms.